The van der Waals surface area contributed by atoms with Crippen LogP contribution < -0.4 is 5.32 Å². The van der Waals surface area contributed by atoms with E-state index in [0.29, 0.717) is 0 Å². The van der Waals surface area contributed by atoms with E-state index in [9.17, 15) is 0 Å². The Labute approximate surface area is 111 Å². The Kier molecular flexibility index (Phi) is 4.54. The first-order valence-corrected chi connectivity index (χ1v) is 6.85. The molecule has 2 aromatic rings. The zero-order valence-electron chi connectivity index (χ0n) is 9.74. The third kappa shape index (κ3) is 3.80. The maximum absolute atomic E-state index is 5.93. The standard InChI is InChI=1S/C13H15ClN2S/c1-10-13(17-9-16-10)5-6-15-8-11-3-2-4-12(14)7-11/h2-4,7,9,15H,5-6,8H2,1H3. The number of aryl methyl sites for hydroxylation is 1. The van der Waals surface area contributed by atoms with Crippen molar-refractivity contribution < 1.29 is 0 Å². The predicted molar refractivity (Wildman–Crippen MR) is 73.7 cm³/mol. The molecule has 17 heavy (non-hydrogen) atoms. The highest BCUT2D eigenvalue weighted by atomic mass is 35.5. The molecule has 1 heterocycles. The smallest absolute Gasteiger partial charge is 0.0797 e. The van der Waals surface area contributed by atoms with Crippen LogP contribution in [0.4, 0.5) is 0 Å². The SMILES string of the molecule is Cc1ncsc1CCNCc1cccc(Cl)c1. The van der Waals surface area contributed by atoms with Crippen molar-refractivity contribution in [2.75, 3.05) is 6.54 Å². The molecule has 90 valence electrons. The van der Waals surface area contributed by atoms with E-state index in [1.807, 2.05) is 23.7 Å². The Hall–Kier alpha value is -0.900. The van der Waals surface area contributed by atoms with Gasteiger partial charge >= 0.3 is 0 Å². The highest BCUT2D eigenvalue weighted by Gasteiger charge is 2.00. The summed E-state index contributed by atoms with van der Waals surface area (Å²) in [6, 6.07) is 7.95. The number of thiazole rings is 1. The van der Waals surface area contributed by atoms with Crippen molar-refractivity contribution in [1.29, 1.82) is 0 Å². The lowest BCUT2D eigenvalue weighted by molar-refractivity contribution is 0.689. The normalized spacial score (nSPS) is 10.7. The van der Waals surface area contributed by atoms with Gasteiger partial charge in [0.1, 0.15) is 0 Å². The molecule has 2 rings (SSSR count). The van der Waals surface area contributed by atoms with Gasteiger partial charge in [0.25, 0.3) is 0 Å². The van der Waals surface area contributed by atoms with Gasteiger partial charge in [-0.25, -0.2) is 4.98 Å². The lowest BCUT2D eigenvalue weighted by Crippen LogP contribution is -2.16. The number of hydrogen-bond acceptors (Lipinski definition) is 3. The molecule has 0 amide bonds. The summed E-state index contributed by atoms with van der Waals surface area (Å²) >= 11 is 7.65. The first kappa shape index (κ1) is 12.6. The number of benzene rings is 1. The van der Waals surface area contributed by atoms with E-state index in [0.717, 1.165) is 30.2 Å². The first-order valence-electron chi connectivity index (χ1n) is 5.60. The van der Waals surface area contributed by atoms with Gasteiger partial charge < -0.3 is 5.32 Å². The molecule has 0 unspecified atom stereocenters. The van der Waals surface area contributed by atoms with Crippen LogP contribution in [0.1, 0.15) is 16.1 Å². The molecule has 0 aliphatic rings. The van der Waals surface area contributed by atoms with Crippen molar-refractivity contribution in [2.45, 2.75) is 19.9 Å². The molecule has 0 spiro atoms. The van der Waals surface area contributed by atoms with Gasteiger partial charge in [-0.1, -0.05) is 23.7 Å². The van der Waals surface area contributed by atoms with Crippen LogP contribution in [0.5, 0.6) is 0 Å². The zero-order chi connectivity index (χ0) is 12.1. The summed E-state index contributed by atoms with van der Waals surface area (Å²) in [6.07, 6.45) is 1.04. The largest absolute Gasteiger partial charge is 0.312 e. The van der Waals surface area contributed by atoms with E-state index in [2.05, 4.69) is 23.3 Å². The Bertz CT molecular complexity index is 482. The quantitative estimate of drug-likeness (QED) is 0.839. The van der Waals surface area contributed by atoms with Crippen molar-refractivity contribution in [2.24, 2.45) is 0 Å². The average molecular weight is 267 g/mol. The Balaban J connectivity index is 1.75. The second-order valence-corrected chi connectivity index (χ2v) is 5.29. The van der Waals surface area contributed by atoms with Crippen LogP contribution in [-0.2, 0) is 13.0 Å². The predicted octanol–water partition coefficient (Wildman–Crippen LogP) is 3.44. The van der Waals surface area contributed by atoms with Crippen LogP contribution >= 0.6 is 22.9 Å². The molecule has 1 aromatic heterocycles. The summed E-state index contributed by atoms with van der Waals surface area (Å²) in [4.78, 5) is 5.60. The van der Waals surface area contributed by atoms with Crippen molar-refractivity contribution in [3.63, 3.8) is 0 Å². The van der Waals surface area contributed by atoms with Crippen molar-refractivity contribution in [1.82, 2.24) is 10.3 Å². The lowest BCUT2D eigenvalue weighted by atomic mass is 10.2. The number of aromatic nitrogens is 1. The molecule has 0 bridgehead atoms. The van der Waals surface area contributed by atoms with Crippen LogP contribution in [-0.4, -0.2) is 11.5 Å². The molecule has 0 fully saturated rings. The summed E-state index contributed by atoms with van der Waals surface area (Å²) in [5, 5.41) is 4.21. The molecule has 2 nitrogen and oxygen atoms in total. The molecule has 0 atom stereocenters. The fourth-order valence-corrected chi connectivity index (χ4v) is 2.64. The van der Waals surface area contributed by atoms with Gasteiger partial charge in [-0.3, -0.25) is 0 Å². The minimum absolute atomic E-state index is 0.794. The van der Waals surface area contributed by atoms with E-state index in [4.69, 9.17) is 11.6 Å². The molecular weight excluding hydrogens is 252 g/mol. The van der Waals surface area contributed by atoms with Crippen molar-refractivity contribution in [3.8, 4) is 0 Å². The summed E-state index contributed by atoms with van der Waals surface area (Å²) in [6.45, 7) is 3.89. The van der Waals surface area contributed by atoms with E-state index >= 15 is 0 Å². The fraction of sp³-hybridized carbons (Fsp3) is 0.308. The molecular formula is C13H15ClN2S. The van der Waals surface area contributed by atoms with Crippen LogP contribution in [0, 0.1) is 6.92 Å². The minimum Gasteiger partial charge on any atom is -0.312 e. The molecule has 0 radical (unpaired) electrons. The number of hydrogen-bond donors (Lipinski definition) is 1. The monoisotopic (exact) mass is 266 g/mol. The maximum atomic E-state index is 5.93. The topological polar surface area (TPSA) is 24.9 Å². The van der Waals surface area contributed by atoms with Gasteiger partial charge in [0.15, 0.2) is 0 Å². The van der Waals surface area contributed by atoms with Crippen LogP contribution in [0.2, 0.25) is 5.02 Å². The Morgan fingerprint density at radius 2 is 2.29 bits per heavy atom. The number of nitrogens with one attached hydrogen (secondary N) is 1. The number of nitrogens with zero attached hydrogens (tertiary/aromatic N) is 1. The molecule has 0 saturated heterocycles. The second kappa shape index (κ2) is 6.15. The lowest BCUT2D eigenvalue weighted by Gasteiger charge is -2.04. The van der Waals surface area contributed by atoms with Crippen molar-refractivity contribution >= 4 is 22.9 Å². The highest BCUT2D eigenvalue weighted by Crippen LogP contribution is 2.12. The van der Waals surface area contributed by atoms with Gasteiger partial charge in [0.05, 0.1) is 11.2 Å². The Morgan fingerprint density at radius 1 is 1.41 bits per heavy atom. The second-order valence-electron chi connectivity index (χ2n) is 3.92. The summed E-state index contributed by atoms with van der Waals surface area (Å²) in [5.74, 6) is 0. The highest BCUT2D eigenvalue weighted by molar-refractivity contribution is 7.09. The minimum atomic E-state index is 0.794. The third-order valence-electron chi connectivity index (χ3n) is 2.59. The van der Waals surface area contributed by atoms with E-state index < -0.39 is 0 Å². The van der Waals surface area contributed by atoms with Crippen molar-refractivity contribution in [3.05, 3.63) is 50.9 Å². The Morgan fingerprint density at radius 3 is 3.00 bits per heavy atom. The first-order chi connectivity index (χ1) is 8.25. The summed E-state index contributed by atoms with van der Waals surface area (Å²) in [5.41, 5.74) is 4.28. The van der Waals surface area contributed by atoms with E-state index in [-0.39, 0.29) is 0 Å². The number of rotatable bonds is 5. The van der Waals surface area contributed by atoms with Gasteiger partial charge in [-0.2, -0.15) is 0 Å². The molecule has 1 aromatic carbocycles. The molecule has 0 aliphatic carbocycles. The average Bonchev–Trinajstić information content (AvgIpc) is 2.71. The van der Waals surface area contributed by atoms with Gasteiger partial charge in [0.2, 0.25) is 0 Å². The van der Waals surface area contributed by atoms with E-state index in [1.54, 1.807) is 11.3 Å². The zero-order valence-corrected chi connectivity index (χ0v) is 11.3. The van der Waals surface area contributed by atoms with Crippen LogP contribution in [0.3, 0.4) is 0 Å². The fourth-order valence-electron chi connectivity index (χ4n) is 1.65. The van der Waals surface area contributed by atoms with Gasteiger partial charge in [0, 0.05) is 23.0 Å². The van der Waals surface area contributed by atoms with Gasteiger partial charge in [-0.05, 0) is 31.0 Å². The summed E-state index contributed by atoms with van der Waals surface area (Å²) < 4.78 is 0. The van der Waals surface area contributed by atoms with Crippen LogP contribution in [0.15, 0.2) is 29.8 Å². The third-order valence-corrected chi connectivity index (χ3v) is 3.82. The molecule has 1 N–H and O–H groups in total. The molecule has 0 aliphatic heterocycles. The van der Waals surface area contributed by atoms with E-state index in [1.165, 1.54) is 10.4 Å². The number of halogens is 1. The molecule has 4 heteroatoms. The maximum Gasteiger partial charge on any atom is 0.0797 e. The van der Waals surface area contributed by atoms with Gasteiger partial charge in [-0.15, -0.1) is 11.3 Å². The van der Waals surface area contributed by atoms with Crippen LogP contribution in [0.25, 0.3) is 0 Å². The summed E-state index contributed by atoms with van der Waals surface area (Å²) in [7, 11) is 0. The molecule has 0 saturated carbocycles.